The zero-order valence-corrected chi connectivity index (χ0v) is 15.8. The fourth-order valence-corrected chi connectivity index (χ4v) is 3.41. The standard InChI is InChI=1S/C19H27N3O4/c1-12-8-20-13(10-22(12)18(25)26-19(2,3)4)9-21-11-15-14(17(21)24)6-5-7-16(15)23/h5-7,12-13,20,23H,8-11H2,1-4H3/t12-,13+/m1/s1. The van der Waals surface area contributed by atoms with E-state index in [0.717, 1.165) is 0 Å². The van der Waals surface area contributed by atoms with Crippen molar-refractivity contribution in [2.45, 2.75) is 51.9 Å². The molecular formula is C19H27N3O4. The summed E-state index contributed by atoms with van der Waals surface area (Å²) in [6.45, 7) is 9.50. The Hall–Kier alpha value is -2.28. The lowest BCUT2D eigenvalue weighted by Crippen LogP contribution is -2.60. The van der Waals surface area contributed by atoms with E-state index >= 15 is 0 Å². The normalized spacial score (nSPS) is 23.2. The van der Waals surface area contributed by atoms with Gasteiger partial charge in [-0.1, -0.05) is 6.07 Å². The molecule has 3 rings (SSSR count). The summed E-state index contributed by atoms with van der Waals surface area (Å²) in [5.41, 5.74) is 0.685. The van der Waals surface area contributed by atoms with E-state index in [-0.39, 0.29) is 29.8 Å². The molecule has 1 aromatic rings. The van der Waals surface area contributed by atoms with Crippen molar-refractivity contribution in [3.05, 3.63) is 29.3 Å². The van der Waals surface area contributed by atoms with Crippen LogP contribution in [0.15, 0.2) is 18.2 Å². The Morgan fingerprint density at radius 2 is 2.12 bits per heavy atom. The minimum Gasteiger partial charge on any atom is -0.508 e. The summed E-state index contributed by atoms with van der Waals surface area (Å²) >= 11 is 0. The maximum Gasteiger partial charge on any atom is 0.410 e. The van der Waals surface area contributed by atoms with Gasteiger partial charge in [0.05, 0.1) is 6.54 Å². The molecule has 2 amide bonds. The van der Waals surface area contributed by atoms with Crippen molar-refractivity contribution < 1.29 is 19.4 Å². The highest BCUT2D eigenvalue weighted by atomic mass is 16.6. The van der Waals surface area contributed by atoms with Gasteiger partial charge in [-0.15, -0.1) is 0 Å². The lowest BCUT2D eigenvalue weighted by atomic mass is 10.1. The van der Waals surface area contributed by atoms with Crippen LogP contribution in [0.25, 0.3) is 0 Å². The van der Waals surface area contributed by atoms with Gasteiger partial charge in [-0.2, -0.15) is 0 Å². The van der Waals surface area contributed by atoms with Crippen molar-refractivity contribution >= 4 is 12.0 Å². The predicted octanol–water partition coefficient (Wildman–Crippen LogP) is 1.95. The molecule has 0 radical (unpaired) electrons. The number of hydrogen-bond acceptors (Lipinski definition) is 5. The molecule has 2 aliphatic heterocycles. The molecule has 142 valence electrons. The van der Waals surface area contributed by atoms with Crippen molar-refractivity contribution in [2.75, 3.05) is 19.6 Å². The quantitative estimate of drug-likeness (QED) is 0.841. The number of carbonyl (C=O) groups excluding carboxylic acids is 2. The van der Waals surface area contributed by atoms with Crippen LogP contribution < -0.4 is 5.32 Å². The van der Waals surface area contributed by atoms with Gasteiger partial charge in [0.2, 0.25) is 0 Å². The highest BCUT2D eigenvalue weighted by molar-refractivity contribution is 5.99. The van der Waals surface area contributed by atoms with Crippen molar-refractivity contribution in [3.63, 3.8) is 0 Å². The Bertz CT molecular complexity index is 713. The van der Waals surface area contributed by atoms with Crippen LogP contribution in [0.1, 0.15) is 43.6 Å². The van der Waals surface area contributed by atoms with Crippen LogP contribution in [0.4, 0.5) is 4.79 Å². The zero-order chi connectivity index (χ0) is 19.1. The highest BCUT2D eigenvalue weighted by Crippen LogP contribution is 2.30. The Morgan fingerprint density at radius 1 is 1.38 bits per heavy atom. The average Bonchev–Trinajstić information content (AvgIpc) is 2.86. The molecule has 0 unspecified atom stereocenters. The number of phenolic OH excluding ortho intramolecular Hbond substituents is 1. The van der Waals surface area contributed by atoms with Gasteiger partial charge < -0.3 is 25.0 Å². The molecule has 0 spiro atoms. The van der Waals surface area contributed by atoms with Crippen LogP contribution in [0.3, 0.4) is 0 Å². The fraction of sp³-hybridized carbons (Fsp3) is 0.579. The minimum absolute atomic E-state index is 0.0246. The molecule has 7 nitrogen and oxygen atoms in total. The number of nitrogens with zero attached hydrogens (tertiary/aromatic N) is 2. The highest BCUT2D eigenvalue weighted by Gasteiger charge is 2.35. The molecule has 2 N–H and O–H groups in total. The Morgan fingerprint density at radius 3 is 2.77 bits per heavy atom. The van der Waals surface area contributed by atoms with Gasteiger partial charge in [0.1, 0.15) is 11.4 Å². The van der Waals surface area contributed by atoms with Gasteiger partial charge >= 0.3 is 6.09 Å². The van der Waals surface area contributed by atoms with Crippen LogP contribution >= 0.6 is 0 Å². The number of aromatic hydroxyl groups is 1. The number of fused-ring (bicyclic) bond motifs is 1. The SMILES string of the molecule is C[C@@H]1CN[C@@H](CN2Cc3c(O)cccc3C2=O)CN1C(=O)OC(C)(C)C. The molecule has 0 bridgehead atoms. The topological polar surface area (TPSA) is 82.1 Å². The largest absolute Gasteiger partial charge is 0.508 e. The molecule has 1 saturated heterocycles. The Labute approximate surface area is 153 Å². The van der Waals surface area contributed by atoms with Crippen LogP contribution in [-0.4, -0.2) is 64.2 Å². The van der Waals surface area contributed by atoms with Crippen LogP contribution in [0, 0.1) is 0 Å². The number of ether oxygens (including phenoxy) is 1. The third kappa shape index (κ3) is 3.77. The van der Waals surface area contributed by atoms with Crippen LogP contribution in [0.2, 0.25) is 0 Å². The lowest BCUT2D eigenvalue weighted by molar-refractivity contribution is 0.00818. The number of piperazine rings is 1. The molecule has 2 atom stereocenters. The number of hydrogen-bond donors (Lipinski definition) is 2. The van der Waals surface area contributed by atoms with E-state index < -0.39 is 5.60 Å². The smallest absolute Gasteiger partial charge is 0.410 e. The van der Waals surface area contributed by atoms with Crippen molar-refractivity contribution in [3.8, 4) is 5.75 Å². The molecule has 7 heteroatoms. The number of rotatable bonds is 2. The van der Waals surface area contributed by atoms with E-state index in [0.29, 0.717) is 37.3 Å². The van der Waals surface area contributed by atoms with Gasteiger partial charge in [-0.25, -0.2) is 4.79 Å². The average molecular weight is 361 g/mol. The first-order valence-electron chi connectivity index (χ1n) is 8.99. The maximum atomic E-state index is 12.6. The van der Waals surface area contributed by atoms with Crippen molar-refractivity contribution in [1.29, 1.82) is 0 Å². The van der Waals surface area contributed by atoms with Gasteiger partial charge in [-0.3, -0.25) is 4.79 Å². The number of carbonyl (C=O) groups is 2. The lowest BCUT2D eigenvalue weighted by Gasteiger charge is -2.40. The molecule has 1 fully saturated rings. The Kier molecular flexibility index (Phi) is 4.84. The first kappa shape index (κ1) is 18.5. The summed E-state index contributed by atoms with van der Waals surface area (Å²) in [5.74, 6) is 0.0686. The minimum atomic E-state index is -0.540. The summed E-state index contributed by atoms with van der Waals surface area (Å²) in [5, 5.41) is 13.4. The summed E-state index contributed by atoms with van der Waals surface area (Å²) in [7, 11) is 0. The molecule has 2 heterocycles. The monoisotopic (exact) mass is 361 g/mol. The zero-order valence-electron chi connectivity index (χ0n) is 15.8. The first-order chi connectivity index (χ1) is 12.2. The molecule has 0 aliphatic carbocycles. The van der Waals surface area contributed by atoms with Crippen molar-refractivity contribution in [2.24, 2.45) is 0 Å². The van der Waals surface area contributed by atoms with E-state index in [1.165, 1.54) is 0 Å². The summed E-state index contributed by atoms with van der Waals surface area (Å²) in [6.07, 6.45) is -0.329. The van der Waals surface area contributed by atoms with Gasteiger partial charge in [0.25, 0.3) is 5.91 Å². The second-order valence-corrected chi connectivity index (χ2v) is 8.08. The number of phenols is 1. The number of benzene rings is 1. The molecule has 1 aromatic carbocycles. The molecular weight excluding hydrogens is 334 g/mol. The summed E-state index contributed by atoms with van der Waals surface area (Å²) in [4.78, 5) is 28.5. The van der Waals surface area contributed by atoms with Crippen LogP contribution in [-0.2, 0) is 11.3 Å². The number of nitrogens with one attached hydrogen (secondary N) is 1. The van der Waals surface area contributed by atoms with E-state index in [2.05, 4.69) is 5.32 Å². The second-order valence-electron chi connectivity index (χ2n) is 8.08. The van der Waals surface area contributed by atoms with Gasteiger partial charge in [0, 0.05) is 42.8 Å². The summed E-state index contributed by atoms with van der Waals surface area (Å²) in [6, 6.07) is 5.00. The van der Waals surface area contributed by atoms with Gasteiger partial charge in [0.15, 0.2) is 0 Å². The van der Waals surface area contributed by atoms with Gasteiger partial charge in [-0.05, 0) is 39.8 Å². The van der Waals surface area contributed by atoms with Crippen molar-refractivity contribution in [1.82, 2.24) is 15.1 Å². The van der Waals surface area contributed by atoms with Crippen LogP contribution in [0.5, 0.6) is 5.75 Å². The third-order valence-corrected chi connectivity index (χ3v) is 4.74. The van der Waals surface area contributed by atoms with E-state index in [1.807, 2.05) is 27.7 Å². The number of amides is 2. The van der Waals surface area contributed by atoms with E-state index in [4.69, 9.17) is 4.74 Å². The van der Waals surface area contributed by atoms with E-state index in [1.54, 1.807) is 28.0 Å². The molecule has 2 aliphatic rings. The predicted molar refractivity (Wildman–Crippen MR) is 97.0 cm³/mol. The Balaban J connectivity index is 1.65. The first-order valence-corrected chi connectivity index (χ1v) is 8.99. The molecule has 0 saturated carbocycles. The molecule has 26 heavy (non-hydrogen) atoms. The van der Waals surface area contributed by atoms with E-state index in [9.17, 15) is 14.7 Å². The third-order valence-electron chi connectivity index (χ3n) is 4.74. The maximum absolute atomic E-state index is 12.6. The second kappa shape index (κ2) is 6.79. The molecule has 0 aromatic heterocycles. The summed E-state index contributed by atoms with van der Waals surface area (Å²) < 4.78 is 5.50. The fourth-order valence-electron chi connectivity index (χ4n) is 3.41.